The van der Waals surface area contributed by atoms with E-state index in [1.54, 1.807) is 29.2 Å². The van der Waals surface area contributed by atoms with Crippen molar-refractivity contribution in [1.82, 2.24) is 0 Å². The second kappa shape index (κ2) is 4.41. The average molecular weight is 293 g/mol. The summed E-state index contributed by atoms with van der Waals surface area (Å²) in [4.78, 5) is 24.9. The van der Waals surface area contributed by atoms with Crippen molar-refractivity contribution in [3.05, 3.63) is 29.8 Å². The van der Waals surface area contributed by atoms with Crippen LogP contribution in [0.3, 0.4) is 0 Å². The standard InChI is InChI=1S/C14H15NO4S/c1-9(16)10-2-4-12(5-3-10)15-13-8-20(18,19)7-11(13)6-14(15)17/h2-5,11,13H,6-8H2,1H3/t11-,13-/m1/s1. The van der Waals surface area contributed by atoms with Gasteiger partial charge in [-0.2, -0.15) is 0 Å². The lowest BCUT2D eigenvalue weighted by atomic mass is 10.0. The molecule has 5 nitrogen and oxygen atoms in total. The molecule has 0 N–H and O–H groups in total. The highest BCUT2D eigenvalue weighted by Gasteiger charge is 2.49. The first-order chi connectivity index (χ1) is 9.37. The third-order valence-electron chi connectivity index (χ3n) is 4.03. The van der Waals surface area contributed by atoms with Crippen molar-refractivity contribution in [2.45, 2.75) is 19.4 Å². The first kappa shape index (κ1) is 13.3. The first-order valence-electron chi connectivity index (χ1n) is 6.51. The number of fused-ring (bicyclic) bond motifs is 1. The molecule has 106 valence electrons. The fourth-order valence-corrected chi connectivity index (χ4v) is 5.15. The van der Waals surface area contributed by atoms with Gasteiger partial charge >= 0.3 is 0 Å². The SMILES string of the molecule is CC(=O)c1ccc(N2C(=O)C[C@@H]3CS(=O)(=O)C[C@H]32)cc1. The maximum Gasteiger partial charge on any atom is 0.227 e. The van der Waals surface area contributed by atoms with E-state index in [9.17, 15) is 18.0 Å². The topological polar surface area (TPSA) is 71.5 Å². The van der Waals surface area contributed by atoms with Crippen LogP contribution >= 0.6 is 0 Å². The van der Waals surface area contributed by atoms with E-state index in [2.05, 4.69) is 0 Å². The minimum Gasteiger partial charge on any atom is -0.308 e. The monoisotopic (exact) mass is 293 g/mol. The predicted molar refractivity (Wildman–Crippen MR) is 74.5 cm³/mol. The van der Waals surface area contributed by atoms with Gasteiger partial charge in [-0.05, 0) is 31.2 Å². The molecule has 1 aromatic carbocycles. The normalized spacial score (nSPS) is 27.6. The average Bonchev–Trinajstić information content (AvgIpc) is 2.79. The van der Waals surface area contributed by atoms with Crippen molar-refractivity contribution in [1.29, 1.82) is 0 Å². The van der Waals surface area contributed by atoms with E-state index in [1.807, 2.05) is 0 Å². The number of hydrogen-bond acceptors (Lipinski definition) is 4. The second-order valence-electron chi connectivity index (χ2n) is 5.48. The van der Waals surface area contributed by atoms with E-state index in [0.29, 0.717) is 17.7 Å². The minimum atomic E-state index is -3.04. The Balaban J connectivity index is 1.93. The molecular formula is C14H15NO4S. The van der Waals surface area contributed by atoms with E-state index < -0.39 is 9.84 Å². The molecule has 0 aliphatic carbocycles. The van der Waals surface area contributed by atoms with Gasteiger partial charge in [-0.1, -0.05) is 0 Å². The summed E-state index contributed by atoms with van der Waals surface area (Å²) in [5.74, 6) is -0.0281. The van der Waals surface area contributed by atoms with Crippen LogP contribution in [0.4, 0.5) is 5.69 Å². The lowest BCUT2D eigenvalue weighted by Gasteiger charge is -2.23. The highest BCUT2D eigenvalue weighted by Crippen LogP contribution is 2.37. The van der Waals surface area contributed by atoms with E-state index in [0.717, 1.165) is 0 Å². The molecule has 3 rings (SSSR count). The third kappa shape index (κ3) is 2.14. The van der Waals surface area contributed by atoms with Crippen molar-refractivity contribution >= 4 is 27.2 Å². The van der Waals surface area contributed by atoms with E-state index in [-0.39, 0.29) is 35.2 Å². The Morgan fingerprint density at radius 1 is 1.20 bits per heavy atom. The largest absolute Gasteiger partial charge is 0.308 e. The quantitative estimate of drug-likeness (QED) is 0.764. The fourth-order valence-electron chi connectivity index (χ4n) is 3.08. The molecule has 20 heavy (non-hydrogen) atoms. The molecular weight excluding hydrogens is 278 g/mol. The number of ketones is 1. The fraction of sp³-hybridized carbons (Fsp3) is 0.429. The number of rotatable bonds is 2. The molecule has 2 aliphatic rings. The third-order valence-corrected chi connectivity index (χ3v) is 5.81. The van der Waals surface area contributed by atoms with Gasteiger partial charge < -0.3 is 4.90 Å². The number of hydrogen-bond donors (Lipinski definition) is 0. The zero-order valence-corrected chi connectivity index (χ0v) is 11.9. The summed E-state index contributed by atoms with van der Waals surface area (Å²) < 4.78 is 23.4. The molecule has 0 saturated carbocycles. The number of benzene rings is 1. The van der Waals surface area contributed by atoms with Crippen molar-refractivity contribution < 1.29 is 18.0 Å². The van der Waals surface area contributed by atoms with Crippen LogP contribution in [0.15, 0.2) is 24.3 Å². The lowest BCUT2D eigenvalue weighted by molar-refractivity contribution is -0.117. The molecule has 0 radical (unpaired) electrons. The molecule has 6 heteroatoms. The van der Waals surface area contributed by atoms with Gasteiger partial charge in [0.2, 0.25) is 5.91 Å². The van der Waals surface area contributed by atoms with Crippen LogP contribution < -0.4 is 4.90 Å². The van der Waals surface area contributed by atoms with Gasteiger partial charge in [-0.3, -0.25) is 9.59 Å². The molecule has 2 fully saturated rings. The second-order valence-corrected chi connectivity index (χ2v) is 7.63. The van der Waals surface area contributed by atoms with E-state index in [1.165, 1.54) is 6.92 Å². The van der Waals surface area contributed by atoms with Gasteiger partial charge in [-0.25, -0.2) is 8.42 Å². The Hall–Kier alpha value is -1.69. The Bertz CT molecular complexity index is 678. The highest BCUT2D eigenvalue weighted by molar-refractivity contribution is 7.91. The minimum absolute atomic E-state index is 0.0365. The zero-order chi connectivity index (χ0) is 14.5. The number of anilines is 1. The van der Waals surface area contributed by atoms with Crippen LogP contribution in [0.5, 0.6) is 0 Å². The van der Waals surface area contributed by atoms with Gasteiger partial charge in [0.05, 0.1) is 17.5 Å². The van der Waals surface area contributed by atoms with Crippen LogP contribution in [0, 0.1) is 5.92 Å². The van der Waals surface area contributed by atoms with Crippen LogP contribution in [-0.4, -0.2) is 37.7 Å². The van der Waals surface area contributed by atoms with E-state index in [4.69, 9.17) is 0 Å². The molecule has 0 spiro atoms. The Morgan fingerprint density at radius 3 is 2.45 bits per heavy atom. The molecule has 2 atom stereocenters. The molecule has 0 aromatic heterocycles. The molecule has 1 amide bonds. The summed E-state index contributed by atoms with van der Waals surface area (Å²) in [7, 11) is -3.04. The van der Waals surface area contributed by atoms with E-state index >= 15 is 0 Å². The molecule has 2 heterocycles. The van der Waals surface area contributed by atoms with Crippen molar-refractivity contribution in [2.75, 3.05) is 16.4 Å². The zero-order valence-electron chi connectivity index (χ0n) is 11.1. The molecule has 0 bridgehead atoms. The molecule has 2 aliphatic heterocycles. The van der Waals surface area contributed by atoms with Crippen LogP contribution in [0.2, 0.25) is 0 Å². The molecule has 0 unspecified atom stereocenters. The summed E-state index contributed by atoms with van der Waals surface area (Å²) in [6.07, 6.45) is 0.290. The maximum absolute atomic E-state index is 12.1. The van der Waals surface area contributed by atoms with Gasteiger partial charge in [-0.15, -0.1) is 0 Å². The maximum atomic E-state index is 12.1. The van der Waals surface area contributed by atoms with Gasteiger partial charge in [0, 0.05) is 23.6 Å². The lowest BCUT2D eigenvalue weighted by Crippen LogP contribution is -2.36. The summed E-state index contributed by atoms with van der Waals surface area (Å²) in [6, 6.07) is 6.50. The van der Waals surface area contributed by atoms with Crippen molar-refractivity contribution in [3.63, 3.8) is 0 Å². The Labute approximate surface area is 117 Å². The van der Waals surface area contributed by atoms with Crippen LogP contribution in [-0.2, 0) is 14.6 Å². The predicted octanol–water partition coefficient (Wildman–Crippen LogP) is 1.04. The number of sulfone groups is 1. The van der Waals surface area contributed by atoms with Gasteiger partial charge in [0.15, 0.2) is 15.6 Å². The number of carbonyl (C=O) groups is 2. The summed E-state index contributed by atoms with van der Waals surface area (Å²) in [6.45, 7) is 1.48. The summed E-state index contributed by atoms with van der Waals surface area (Å²) in [5.41, 5.74) is 1.25. The van der Waals surface area contributed by atoms with Gasteiger partial charge in [0.25, 0.3) is 0 Å². The van der Waals surface area contributed by atoms with Crippen molar-refractivity contribution in [3.8, 4) is 0 Å². The van der Waals surface area contributed by atoms with Crippen molar-refractivity contribution in [2.24, 2.45) is 5.92 Å². The molecule has 1 aromatic rings. The Morgan fingerprint density at radius 2 is 1.85 bits per heavy atom. The summed E-state index contributed by atoms with van der Waals surface area (Å²) in [5, 5.41) is 0. The highest BCUT2D eigenvalue weighted by atomic mass is 32.2. The van der Waals surface area contributed by atoms with Crippen LogP contribution in [0.25, 0.3) is 0 Å². The van der Waals surface area contributed by atoms with Gasteiger partial charge in [0.1, 0.15) is 0 Å². The summed E-state index contributed by atoms with van der Waals surface area (Å²) >= 11 is 0. The number of nitrogens with zero attached hydrogens (tertiary/aromatic N) is 1. The first-order valence-corrected chi connectivity index (χ1v) is 8.33. The van der Waals surface area contributed by atoms with Crippen LogP contribution in [0.1, 0.15) is 23.7 Å². The number of carbonyl (C=O) groups excluding carboxylic acids is 2. The Kier molecular flexibility index (Phi) is 2.93. The smallest absolute Gasteiger partial charge is 0.227 e. The number of Topliss-reactive ketones (excluding diaryl/α,β-unsaturated/α-hetero) is 1. The molecule has 2 saturated heterocycles. The number of amides is 1.